The zero-order valence-electron chi connectivity index (χ0n) is 19.6. The van der Waals surface area contributed by atoms with Gasteiger partial charge in [-0.3, -0.25) is 10.2 Å². The minimum Gasteiger partial charge on any atom is -0.480 e. The van der Waals surface area contributed by atoms with E-state index in [1.54, 1.807) is 36.4 Å². The van der Waals surface area contributed by atoms with Gasteiger partial charge in [0.15, 0.2) is 0 Å². The van der Waals surface area contributed by atoms with Crippen molar-refractivity contribution in [2.75, 3.05) is 6.54 Å². The molecule has 0 aromatic heterocycles. The van der Waals surface area contributed by atoms with E-state index >= 15 is 0 Å². The van der Waals surface area contributed by atoms with E-state index in [0.717, 1.165) is 10.8 Å². The van der Waals surface area contributed by atoms with Crippen molar-refractivity contribution >= 4 is 38.5 Å². The standard InChI is InChI=1S/C26H28N4O5S/c27-24(28)20-9-5-6-17(14-20)15-22(25(31)30-13-4-3-10-23(30)26(32)33)29-36(34,35)21-12-11-18-7-1-2-8-19(18)16-21/h1-2,5-9,11-12,14,16,22-23,29H,3-4,10,13,15H2,(H3,27,28)(H,32,33)/t22-,23-/m1/s1. The molecular formula is C26H28N4O5S. The van der Waals surface area contributed by atoms with Gasteiger partial charge in [-0.2, -0.15) is 4.72 Å². The van der Waals surface area contributed by atoms with Crippen molar-refractivity contribution in [1.29, 1.82) is 5.41 Å². The van der Waals surface area contributed by atoms with Gasteiger partial charge in [0.05, 0.1) is 4.90 Å². The summed E-state index contributed by atoms with van der Waals surface area (Å²) in [4.78, 5) is 26.7. The number of aliphatic carboxylic acids is 1. The van der Waals surface area contributed by atoms with E-state index in [1.807, 2.05) is 18.2 Å². The zero-order valence-corrected chi connectivity index (χ0v) is 20.4. The second-order valence-corrected chi connectivity index (χ2v) is 10.6. The molecule has 1 aliphatic rings. The molecule has 1 amide bonds. The van der Waals surface area contributed by atoms with Gasteiger partial charge in [0.1, 0.15) is 17.9 Å². The summed E-state index contributed by atoms with van der Waals surface area (Å²) in [5.74, 6) is -1.86. The molecule has 1 aliphatic heterocycles. The molecule has 10 heteroatoms. The molecule has 4 rings (SSSR count). The Morgan fingerprint density at radius 2 is 1.81 bits per heavy atom. The number of nitrogens with two attached hydrogens (primary N) is 1. The lowest BCUT2D eigenvalue weighted by atomic mass is 9.98. The normalized spacial score (nSPS) is 17.0. The number of nitrogen functional groups attached to an aromatic ring is 1. The van der Waals surface area contributed by atoms with E-state index in [4.69, 9.17) is 11.1 Å². The lowest BCUT2D eigenvalue weighted by Gasteiger charge is -2.35. The van der Waals surface area contributed by atoms with Gasteiger partial charge in [0, 0.05) is 12.1 Å². The molecule has 3 aromatic rings. The highest BCUT2D eigenvalue weighted by Gasteiger charge is 2.37. The van der Waals surface area contributed by atoms with Crippen molar-refractivity contribution in [3.05, 3.63) is 77.9 Å². The molecule has 0 radical (unpaired) electrons. The van der Waals surface area contributed by atoms with E-state index in [1.165, 1.54) is 17.0 Å². The Balaban J connectivity index is 1.69. The number of sulfonamides is 1. The first kappa shape index (κ1) is 25.3. The number of nitrogens with one attached hydrogen (secondary N) is 2. The number of carboxylic acids is 1. The number of likely N-dealkylation sites (tertiary alicyclic amines) is 1. The molecular weight excluding hydrogens is 480 g/mol. The van der Waals surface area contributed by atoms with Gasteiger partial charge in [-0.05, 0) is 60.2 Å². The van der Waals surface area contributed by atoms with Crippen molar-refractivity contribution in [1.82, 2.24) is 9.62 Å². The summed E-state index contributed by atoms with van der Waals surface area (Å²) in [5.41, 5.74) is 6.63. The topological polar surface area (TPSA) is 154 Å². The summed E-state index contributed by atoms with van der Waals surface area (Å²) in [6.45, 7) is 0.234. The van der Waals surface area contributed by atoms with Crippen LogP contribution >= 0.6 is 0 Å². The van der Waals surface area contributed by atoms with Crippen LogP contribution in [0.3, 0.4) is 0 Å². The molecule has 0 saturated carbocycles. The van der Waals surface area contributed by atoms with Crippen LogP contribution in [0.5, 0.6) is 0 Å². The number of hydrogen-bond donors (Lipinski definition) is 4. The lowest BCUT2D eigenvalue weighted by molar-refractivity contribution is -0.152. The largest absolute Gasteiger partial charge is 0.480 e. The molecule has 36 heavy (non-hydrogen) atoms. The number of hydrogen-bond acceptors (Lipinski definition) is 5. The molecule has 0 spiro atoms. The average Bonchev–Trinajstić information content (AvgIpc) is 2.87. The van der Waals surface area contributed by atoms with E-state index < -0.39 is 34.0 Å². The Hall–Kier alpha value is -3.76. The molecule has 1 fully saturated rings. The number of carboxylic acid groups (broad SMARTS) is 1. The molecule has 0 bridgehead atoms. The maximum atomic E-state index is 13.6. The van der Waals surface area contributed by atoms with Crippen LogP contribution in [0.25, 0.3) is 10.8 Å². The van der Waals surface area contributed by atoms with Crippen molar-refractivity contribution in [3.63, 3.8) is 0 Å². The van der Waals surface area contributed by atoms with Crippen LogP contribution in [0.1, 0.15) is 30.4 Å². The second-order valence-electron chi connectivity index (χ2n) is 8.88. The first-order chi connectivity index (χ1) is 17.2. The summed E-state index contributed by atoms with van der Waals surface area (Å²) in [6, 6.07) is 16.4. The van der Waals surface area contributed by atoms with E-state index in [-0.39, 0.29) is 23.7 Å². The Morgan fingerprint density at radius 3 is 2.53 bits per heavy atom. The molecule has 3 aromatic carbocycles. The third-order valence-electron chi connectivity index (χ3n) is 6.38. The summed E-state index contributed by atoms with van der Waals surface area (Å²) in [5, 5.41) is 19.0. The summed E-state index contributed by atoms with van der Waals surface area (Å²) in [6.07, 6.45) is 1.59. The molecule has 5 N–H and O–H groups in total. The van der Waals surface area contributed by atoms with Gasteiger partial charge < -0.3 is 15.7 Å². The predicted octanol–water partition coefficient (Wildman–Crippen LogP) is 2.48. The van der Waals surface area contributed by atoms with Gasteiger partial charge in [-0.15, -0.1) is 0 Å². The number of nitrogens with zero attached hydrogens (tertiary/aromatic N) is 1. The SMILES string of the molecule is N=C(N)c1cccc(C[C@@H](NS(=O)(=O)c2ccc3ccccc3c2)C(=O)N2CCCC[C@@H]2C(=O)O)c1. The molecule has 2 atom stereocenters. The smallest absolute Gasteiger partial charge is 0.326 e. The second kappa shape index (κ2) is 10.5. The predicted molar refractivity (Wildman–Crippen MR) is 136 cm³/mol. The van der Waals surface area contributed by atoms with Gasteiger partial charge in [0.2, 0.25) is 15.9 Å². The fourth-order valence-corrected chi connectivity index (χ4v) is 5.75. The first-order valence-corrected chi connectivity index (χ1v) is 13.1. The van der Waals surface area contributed by atoms with E-state index in [2.05, 4.69) is 4.72 Å². The summed E-state index contributed by atoms with van der Waals surface area (Å²) in [7, 11) is -4.13. The van der Waals surface area contributed by atoms with Crippen LogP contribution in [0.15, 0.2) is 71.6 Å². The fourth-order valence-electron chi connectivity index (χ4n) is 4.52. The zero-order chi connectivity index (χ0) is 25.9. The number of rotatable bonds is 8. The minimum atomic E-state index is -4.13. The molecule has 9 nitrogen and oxygen atoms in total. The third kappa shape index (κ3) is 5.55. The summed E-state index contributed by atoms with van der Waals surface area (Å²) < 4.78 is 29.3. The Labute approximate surface area is 209 Å². The molecule has 1 heterocycles. The highest BCUT2D eigenvalue weighted by atomic mass is 32.2. The Kier molecular flexibility index (Phi) is 7.37. The highest BCUT2D eigenvalue weighted by molar-refractivity contribution is 7.89. The monoisotopic (exact) mass is 508 g/mol. The number of carbonyl (C=O) groups is 2. The summed E-state index contributed by atoms with van der Waals surface area (Å²) >= 11 is 0. The van der Waals surface area contributed by atoms with Gasteiger partial charge in [0.25, 0.3) is 0 Å². The van der Waals surface area contributed by atoms with Crippen LogP contribution in [0, 0.1) is 5.41 Å². The van der Waals surface area contributed by atoms with Gasteiger partial charge in [-0.25, -0.2) is 13.2 Å². The van der Waals surface area contributed by atoms with E-state index in [9.17, 15) is 23.1 Å². The number of piperidine rings is 1. The maximum absolute atomic E-state index is 13.6. The number of amides is 1. The van der Waals surface area contributed by atoms with Crippen LogP contribution in [0.4, 0.5) is 0 Å². The maximum Gasteiger partial charge on any atom is 0.326 e. The highest BCUT2D eigenvalue weighted by Crippen LogP contribution is 2.22. The van der Waals surface area contributed by atoms with E-state index in [0.29, 0.717) is 30.4 Å². The van der Waals surface area contributed by atoms with Gasteiger partial charge in [-0.1, -0.05) is 48.5 Å². The van der Waals surface area contributed by atoms with Gasteiger partial charge >= 0.3 is 5.97 Å². The van der Waals surface area contributed by atoms with Crippen LogP contribution in [-0.2, 0) is 26.0 Å². The minimum absolute atomic E-state index is 0.00455. The number of amidine groups is 1. The number of benzene rings is 3. The number of fused-ring (bicyclic) bond motifs is 1. The lowest BCUT2D eigenvalue weighted by Crippen LogP contribution is -2.56. The first-order valence-electron chi connectivity index (χ1n) is 11.6. The quantitative estimate of drug-likeness (QED) is 0.271. The third-order valence-corrected chi connectivity index (χ3v) is 7.84. The number of carbonyl (C=O) groups excluding carboxylic acids is 1. The molecule has 1 saturated heterocycles. The van der Waals surface area contributed by atoms with Crippen molar-refractivity contribution in [2.24, 2.45) is 5.73 Å². The molecule has 0 aliphatic carbocycles. The van der Waals surface area contributed by atoms with Crippen LogP contribution in [-0.4, -0.2) is 54.8 Å². The van der Waals surface area contributed by atoms with Crippen LogP contribution < -0.4 is 10.5 Å². The Morgan fingerprint density at radius 1 is 1.06 bits per heavy atom. The van der Waals surface area contributed by atoms with Crippen molar-refractivity contribution < 1.29 is 23.1 Å². The molecule has 188 valence electrons. The molecule has 0 unspecified atom stereocenters. The van der Waals surface area contributed by atoms with Crippen LogP contribution in [0.2, 0.25) is 0 Å². The van der Waals surface area contributed by atoms with Crippen molar-refractivity contribution in [3.8, 4) is 0 Å². The Bertz CT molecular complexity index is 1420. The fraction of sp³-hybridized carbons (Fsp3) is 0.269. The van der Waals surface area contributed by atoms with Crippen molar-refractivity contribution in [2.45, 2.75) is 42.7 Å². The average molecular weight is 509 g/mol.